The maximum Gasteiger partial charge on any atom is 0.405 e. The summed E-state index contributed by atoms with van der Waals surface area (Å²) in [4.78, 5) is 1.29. The van der Waals surface area contributed by atoms with Crippen LogP contribution in [0.25, 0.3) is 0 Å². The minimum absolute atomic E-state index is 0.247. The van der Waals surface area contributed by atoms with Crippen molar-refractivity contribution in [2.75, 3.05) is 11.4 Å². The third-order valence-corrected chi connectivity index (χ3v) is 2.97. The lowest BCUT2D eigenvalue weighted by molar-refractivity contribution is -0.120. The standard InChI is InChI=1S/C14H20F3NO/c1-4-13(19)11-5-7-12(8-6-11)18(10(2)3)9-14(15,16)17/h5-8,10,13,19H,4,9H2,1-3H3. The summed E-state index contributed by atoms with van der Waals surface area (Å²) < 4.78 is 37.6. The van der Waals surface area contributed by atoms with Crippen LogP contribution in [0.1, 0.15) is 38.9 Å². The van der Waals surface area contributed by atoms with Crippen molar-refractivity contribution >= 4 is 5.69 Å². The molecule has 1 N–H and O–H groups in total. The monoisotopic (exact) mass is 275 g/mol. The van der Waals surface area contributed by atoms with Crippen LogP contribution in [0.4, 0.5) is 18.9 Å². The van der Waals surface area contributed by atoms with E-state index in [4.69, 9.17) is 0 Å². The van der Waals surface area contributed by atoms with Crippen molar-refractivity contribution in [3.63, 3.8) is 0 Å². The molecule has 0 fully saturated rings. The van der Waals surface area contributed by atoms with Gasteiger partial charge in [0.25, 0.3) is 0 Å². The van der Waals surface area contributed by atoms with Crippen molar-refractivity contribution in [1.82, 2.24) is 0 Å². The third kappa shape index (κ3) is 4.74. The van der Waals surface area contributed by atoms with Crippen molar-refractivity contribution in [3.05, 3.63) is 29.8 Å². The lowest BCUT2D eigenvalue weighted by atomic mass is 10.1. The highest BCUT2D eigenvalue weighted by Crippen LogP contribution is 2.26. The molecular formula is C14H20F3NO. The van der Waals surface area contributed by atoms with Crippen LogP contribution in [0.5, 0.6) is 0 Å². The SMILES string of the molecule is CCC(O)c1ccc(N(CC(F)(F)F)C(C)C)cc1. The van der Waals surface area contributed by atoms with Gasteiger partial charge < -0.3 is 10.0 Å². The molecule has 19 heavy (non-hydrogen) atoms. The number of rotatable bonds is 5. The minimum atomic E-state index is -4.23. The molecule has 1 unspecified atom stereocenters. The molecule has 1 atom stereocenters. The molecule has 0 saturated carbocycles. The molecule has 0 radical (unpaired) electrons. The molecule has 0 aromatic heterocycles. The Morgan fingerprint density at radius 3 is 2.05 bits per heavy atom. The first-order chi connectivity index (χ1) is 8.74. The zero-order valence-electron chi connectivity index (χ0n) is 11.4. The van der Waals surface area contributed by atoms with Gasteiger partial charge in [-0.1, -0.05) is 19.1 Å². The van der Waals surface area contributed by atoms with Crippen LogP contribution in [0.15, 0.2) is 24.3 Å². The molecule has 1 aromatic rings. The first kappa shape index (κ1) is 15.8. The summed E-state index contributed by atoms with van der Waals surface area (Å²) in [5.74, 6) is 0. The van der Waals surface area contributed by atoms with Crippen LogP contribution in [0.2, 0.25) is 0 Å². The number of benzene rings is 1. The van der Waals surface area contributed by atoms with Gasteiger partial charge in [-0.15, -0.1) is 0 Å². The fourth-order valence-electron chi connectivity index (χ4n) is 1.89. The van der Waals surface area contributed by atoms with Gasteiger partial charge in [0.05, 0.1) is 6.10 Å². The van der Waals surface area contributed by atoms with E-state index in [9.17, 15) is 18.3 Å². The third-order valence-electron chi connectivity index (χ3n) is 2.97. The average Bonchev–Trinajstić information content (AvgIpc) is 2.34. The Hall–Kier alpha value is -1.23. The lowest BCUT2D eigenvalue weighted by Gasteiger charge is -2.30. The first-order valence-corrected chi connectivity index (χ1v) is 6.36. The van der Waals surface area contributed by atoms with Crippen LogP contribution < -0.4 is 4.90 Å². The number of aliphatic hydroxyl groups excluding tert-OH is 1. The van der Waals surface area contributed by atoms with Gasteiger partial charge >= 0.3 is 6.18 Å². The van der Waals surface area contributed by atoms with E-state index in [0.29, 0.717) is 12.1 Å². The number of nitrogens with zero attached hydrogens (tertiary/aromatic N) is 1. The Labute approximate surface area is 111 Å². The average molecular weight is 275 g/mol. The van der Waals surface area contributed by atoms with Gasteiger partial charge in [-0.2, -0.15) is 13.2 Å². The van der Waals surface area contributed by atoms with Gasteiger partial charge in [0.1, 0.15) is 6.54 Å². The zero-order valence-corrected chi connectivity index (χ0v) is 11.4. The normalized spacial score (nSPS) is 13.7. The van der Waals surface area contributed by atoms with Crippen LogP contribution >= 0.6 is 0 Å². The molecule has 0 aliphatic heterocycles. The van der Waals surface area contributed by atoms with Gasteiger partial charge in [-0.05, 0) is 38.0 Å². The number of aliphatic hydroxyl groups is 1. The van der Waals surface area contributed by atoms with Crippen molar-refractivity contribution < 1.29 is 18.3 Å². The van der Waals surface area contributed by atoms with E-state index in [-0.39, 0.29) is 6.04 Å². The maximum absolute atomic E-state index is 12.5. The Morgan fingerprint density at radius 2 is 1.68 bits per heavy atom. The van der Waals surface area contributed by atoms with Gasteiger partial charge in [-0.25, -0.2) is 0 Å². The fourth-order valence-corrected chi connectivity index (χ4v) is 1.89. The fraction of sp³-hybridized carbons (Fsp3) is 0.571. The Balaban J connectivity index is 2.92. The second-order valence-corrected chi connectivity index (χ2v) is 4.85. The van der Waals surface area contributed by atoms with Crippen molar-refractivity contribution in [1.29, 1.82) is 0 Å². The van der Waals surface area contributed by atoms with Gasteiger partial charge in [0.15, 0.2) is 0 Å². The van der Waals surface area contributed by atoms with Crippen LogP contribution in [-0.4, -0.2) is 23.9 Å². The quantitative estimate of drug-likeness (QED) is 0.880. The van der Waals surface area contributed by atoms with Crippen molar-refractivity contribution in [2.45, 2.75) is 45.5 Å². The number of halogens is 3. The predicted octanol–water partition coefficient (Wildman–Crippen LogP) is 3.91. The molecule has 108 valence electrons. The van der Waals surface area contributed by atoms with Gasteiger partial charge in [-0.3, -0.25) is 0 Å². The Bertz CT molecular complexity index is 387. The molecule has 2 nitrogen and oxygen atoms in total. The highest BCUT2D eigenvalue weighted by molar-refractivity contribution is 5.48. The molecule has 1 rings (SSSR count). The summed E-state index contributed by atoms with van der Waals surface area (Å²) in [5.41, 5.74) is 1.24. The molecule has 5 heteroatoms. The molecule has 0 amide bonds. The highest BCUT2D eigenvalue weighted by Gasteiger charge is 2.32. The van der Waals surface area contributed by atoms with Crippen molar-refractivity contribution in [2.24, 2.45) is 0 Å². The summed E-state index contributed by atoms with van der Waals surface area (Å²) in [6.07, 6.45) is -4.22. The molecule has 0 spiro atoms. The number of alkyl halides is 3. The molecular weight excluding hydrogens is 255 g/mol. The minimum Gasteiger partial charge on any atom is -0.388 e. The second kappa shape index (κ2) is 6.28. The van der Waals surface area contributed by atoms with Crippen molar-refractivity contribution in [3.8, 4) is 0 Å². The number of hydrogen-bond donors (Lipinski definition) is 1. The van der Waals surface area contributed by atoms with E-state index >= 15 is 0 Å². The first-order valence-electron chi connectivity index (χ1n) is 6.36. The molecule has 1 aromatic carbocycles. The van der Waals surface area contributed by atoms with Crippen LogP contribution in [0.3, 0.4) is 0 Å². The molecule has 0 aliphatic rings. The summed E-state index contributed by atoms with van der Waals surface area (Å²) in [6, 6.07) is 6.35. The summed E-state index contributed by atoms with van der Waals surface area (Å²) >= 11 is 0. The lowest BCUT2D eigenvalue weighted by Crippen LogP contribution is -2.39. The van der Waals surface area contributed by atoms with Crippen LogP contribution in [0, 0.1) is 0 Å². The number of hydrogen-bond acceptors (Lipinski definition) is 2. The Kier molecular flexibility index (Phi) is 5.23. The van der Waals surface area contributed by atoms with Crippen LogP contribution in [-0.2, 0) is 0 Å². The largest absolute Gasteiger partial charge is 0.405 e. The van der Waals surface area contributed by atoms with E-state index in [2.05, 4.69) is 0 Å². The van der Waals surface area contributed by atoms with E-state index in [1.165, 1.54) is 4.90 Å². The van der Waals surface area contributed by atoms with E-state index < -0.39 is 18.8 Å². The predicted molar refractivity (Wildman–Crippen MR) is 70.2 cm³/mol. The highest BCUT2D eigenvalue weighted by atomic mass is 19.4. The second-order valence-electron chi connectivity index (χ2n) is 4.85. The Morgan fingerprint density at radius 1 is 1.16 bits per heavy atom. The molecule has 0 heterocycles. The number of anilines is 1. The van der Waals surface area contributed by atoms with Gasteiger partial charge in [0, 0.05) is 11.7 Å². The molecule has 0 bridgehead atoms. The molecule has 0 aliphatic carbocycles. The van der Waals surface area contributed by atoms with E-state index in [1.807, 2.05) is 6.92 Å². The van der Waals surface area contributed by atoms with E-state index in [0.717, 1.165) is 5.56 Å². The zero-order chi connectivity index (χ0) is 14.6. The summed E-state index contributed by atoms with van der Waals surface area (Å²) in [7, 11) is 0. The smallest absolute Gasteiger partial charge is 0.388 e. The topological polar surface area (TPSA) is 23.5 Å². The summed E-state index contributed by atoms with van der Waals surface area (Å²) in [5, 5.41) is 9.66. The summed E-state index contributed by atoms with van der Waals surface area (Å²) in [6.45, 7) is 4.32. The van der Waals surface area contributed by atoms with E-state index in [1.54, 1.807) is 38.1 Å². The molecule has 0 saturated heterocycles. The van der Waals surface area contributed by atoms with Gasteiger partial charge in [0.2, 0.25) is 0 Å². The maximum atomic E-state index is 12.5.